The second-order valence-electron chi connectivity index (χ2n) is 4.22. The molecule has 4 nitrogen and oxygen atoms in total. The fraction of sp³-hybridized carbons (Fsp3) is 0.667. The molecule has 0 heterocycles. The van der Waals surface area contributed by atoms with Crippen molar-refractivity contribution >= 4 is 11.9 Å². The molecule has 1 aliphatic rings. The maximum atomic E-state index is 11.3. The van der Waals surface area contributed by atoms with E-state index < -0.39 is 17.4 Å². The van der Waals surface area contributed by atoms with Crippen LogP contribution in [0.2, 0.25) is 0 Å². The monoisotopic (exact) mass is 226 g/mol. The van der Waals surface area contributed by atoms with Crippen molar-refractivity contribution in [2.24, 2.45) is 5.41 Å². The number of carboxylic acid groups (broad SMARTS) is 1. The van der Waals surface area contributed by atoms with Gasteiger partial charge in [0.2, 0.25) is 0 Å². The van der Waals surface area contributed by atoms with Gasteiger partial charge >= 0.3 is 11.9 Å². The lowest BCUT2D eigenvalue weighted by molar-refractivity contribution is -0.154. The minimum atomic E-state index is -1.04. The van der Waals surface area contributed by atoms with E-state index in [0.717, 1.165) is 24.8 Å². The zero-order valence-electron chi connectivity index (χ0n) is 9.78. The van der Waals surface area contributed by atoms with Gasteiger partial charge in [-0.1, -0.05) is 18.6 Å². The summed E-state index contributed by atoms with van der Waals surface area (Å²) in [6, 6.07) is 0. The van der Waals surface area contributed by atoms with E-state index in [-0.39, 0.29) is 6.42 Å². The number of carbonyl (C=O) groups is 2. The molecule has 0 amide bonds. The topological polar surface area (TPSA) is 63.6 Å². The molecule has 0 aromatic rings. The highest BCUT2D eigenvalue weighted by Gasteiger charge is 2.40. The Morgan fingerprint density at radius 3 is 2.75 bits per heavy atom. The van der Waals surface area contributed by atoms with Gasteiger partial charge in [0.25, 0.3) is 0 Å². The predicted molar refractivity (Wildman–Crippen MR) is 58.9 cm³/mol. The zero-order valence-corrected chi connectivity index (χ0v) is 9.78. The van der Waals surface area contributed by atoms with Gasteiger partial charge in [0.1, 0.15) is 0 Å². The van der Waals surface area contributed by atoms with Crippen LogP contribution in [0.1, 0.15) is 39.0 Å². The molecule has 1 unspecified atom stereocenters. The Bertz CT molecular complexity index is 319. The van der Waals surface area contributed by atoms with Crippen molar-refractivity contribution in [2.45, 2.75) is 39.0 Å². The first-order valence-corrected chi connectivity index (χ1v) is 5.55. The zero-order chi connectivity index (χ0) is 12.2. The summed E-state index contributed by atoms with van der Waals surface area (Å²) in [4.78, 5) is 22.6. The fourth-order valence-corrected chi connectivity index (χ4v) is 2.16. The minimum absolute atomic E-state index is 0.0671. The Hall–Kier alpha value is -1.32. The predicted octanol–water partition coefficient (Wildman–Crippen LogP) is 2.14. The van der Waals surface area contributed by atoms with Crippen LogP contribution in [0.15, 0.2) is 11.6 Å². The van der Waals surface area contributed by atoms with Crippen LogP contribution in [0.3, 0.4) is 0 Å². The van der Waals surface area contributed by atoms with Gasteiger partial charge in [-0.05, 0) is 25.7 Å². The Kier molecular flexibility index (Phi) is 4.10. The van der Waals surface area contributed by atoms with Crippen LogP contribution in [0.5, 0.6) is 0 Å². The van der Waals surface area contributed by atoms with Crippen LogP contribution in [0.25, 0.3) is 0 Å². The lowest BCUT2D eigenvalue weighted by Crippen LogP contribution is -2.34. The lowest BCUT2D eigenvalue weighted by atomic mass is 9.73. The van der Waals surface area contributed by atoms with Gasteiger partial charge < -0.3 is 9.84 Å². The molecule has 0 aromatic heterocycles. The number of ether oxygens (including phenoxy) is 1. The Morgan fingerprint density at radius 1 is 1.56 bits per heavy atom. The third-order valence-corrected chi connectivity index (χ3v) is 3.17. The fourth-order valence-electron chi connectivity index (χ4n) is 2.16. The van der Waals surface area contributed by atoms with Gasteiger partial charge in [-0.2, -0.15) is 0 Å². The Morgan fingerprint density at radius 2 is 2.25 bits per heavy atom. The quantitative estimate of drug-likeness (QED) is 0.589. The minimum Gasteiger partial charge on any atom is -0.481 e. The number of esters is 1. The van der Waals surface area contributed by atoms with Crippen LogP contribution in [-0.2, 0) is 14.3 Å². The van der Waals surface area contributed by atoms with E-state index >= 15 is 0 Å². The normalized spacial score (nSPS) is 24.8. The molecule has 16 heavy (non-hydrogen) atoms. The first-order chi connectivity index (χ1) is 7.54. The molecule has 0 spiro atoms. The molecule has 4 heteroatoms. The third kappa shape index (κ3) is 2.62. The standard InChI is InChI=1S/C12H18O4/c1-3-9-5-4-6-12(7-9,11(14)15)8-10(13)16-2/h7H,3-6,8H2,1-2H3,(H,14,15). The van der Waals surface area contributed by atoms with E-state index in [1.165, 1.54) is 7.11 Å². The van der Waals surface area contributed by atoms with E-state index in [2.05, 4.69) is 4.74 Å². The molecule has 1 rings (SSSR count). The number of methoxy groups -OCH3 is 1. The third-order valence-electron chi connectivity index (χ3n) is 3.17. The highest BCUT2D eigenvalue weighted by Crippen LogP contribution is 2.38. The summed E-state index contributed by atoms with van der Waals surface area (Å²) in [5.41, 5.74) is 0.0778. The van der Waals surface area contributed by atoms with E-state index in [0.29, 0.717) is 6.42 Å². The average Bonchev–Trinajstić information content (AvgIpc) is 2.28. The van der Waals surface area contributed by atoms with Gasteiger partial charge in [-0.15, -0.1) is 0 Å². The van der Waals surface area contributed by atoms with Gasteiger partial charge in [-0.3, -0.25) is 9.59 Å². The summed E-state index contributed by atoms with van der Waals surface area (Å²) in [5, 5.41) is 9.29. The van der Waals surface area contributed by atoms with Crippen molar-refractivity contribution in [1.29, 1.82) is 0 Å². The molecule has 0 fully saturated rings. The largest absolute Gasteiger partial charge is 0.481 e. The van der Waals surface area contributed by atoms with Crippen LogP contribution < -0.4 is 0 Å². The van der Waals surface area contributed by atoms with Crippen molar-refractivity contribution in [3.8, 4) is 0 Å². The van der Waals surface area contributed by atoms with Gasteiger partial charge in [0.05, 0.1) is 18.9 Å². The first kappa shape index (κ1) is 12.7. The average molecular weight is 226 g/mol. The van der Waals surface area contributed by atoms with Crippen LogP contribution in [0, 0.1) is 5.41 Å². The van der Waals surface area contributed by atoms with E-state index in [4.69, 9.17) is 0 Å². The van der Waals surface area contributed by atoms with Crippen LogP contribution in [0.4, 0.5) is 0 Å². The highest BCUT2D eigenvalue weighted by atomic mass is 16.5. The summed E-state index contributed by atoms with van der Waals surface area (Å²) in [7, 11) is 1.28. The summed E-state index contributed by atoms with van der Waals surface area (Å²) in [5.74, 6) is -1.39. The number of carboxylic acids is 1. The van der Waals surface area contributed by atoms with Gasteiger partial charge in [0, 0.05) is 0 Å². The maximum absolute atomic E-state index is 11.3. The van der Waals surface area contributed by atoms with Crippen LogP contribution >= 0.6 is 0 Å². The van der Waals surface area contributed by atoms with Crippen molar-refractivity contribution in [3.63, 3.8) is 0 Å². The summed E-state index contributed by atoms with van der Waals surface area (Å²) in [6.45, 7) is 2.00. The second kappa shape index (κ2) is 5.14. The smallest absolute Gasteiger partial charge is 0.314 e. The highest BCUT2D eigenvalue weighted by molar-refractivity contribution is 5.84. The molecule has 1 N–H and O–H groups in total. The van der Waals surface area contributed by atoms with Gasteiger partial charge in [-0.25, -0.2) is 0 Å². The molecule has 0 bridgehead atoms. The molecule has 0 aliphatic heterocycles. The summed E-state index contributed by atoms with van der Waals surface area (Å²) < 4.78 is 4.57. The van der Waals surface area contributed by atoms with Crippen molar-refractivity contribution < 1.29 is 19.4 Å². The molecular weight excluding hydrogens is 208 g/mol. The molecule has 1 aliphatic carbocycles. The SMILES string of the molecule is CCC1=CC(CC(=O)OC)(C(=O)O)CCC1. The van der Waals surface area contributed by atoms with E-state index in [1.54, 1.807) is 6.08 Å². The summed E-state index contributed by atoms with van der Waals surface area (Å²) in [6.07, 6.45) is 4.81. The number of rotatable bonds is 4. The number of aliphatic carboxylic acids is 1. The van der Waals surface area contributed by atoms with E-state index in [1.807, 2.05) is 6.92 Å². The molecule has 1 atom stereocenters. The van der Waals surface area contributed by atoms with Crippen molar-refractivity contribution in [1.82, 2.24) is 0 Å². The lowest BCUT2D eigenvalue weighted by Gasteiger charge is -2.30. The first-order valence-electron chi connectivity index (χ1n) is 5.55. The molecular formula is C12H18O4. The molecule has 0 saturated heterocycles. The molecule has 0 radical (unpaired) electrons. The molecule has 0 aromatic carbocycles. The summed E-state index contributed by atoms with van der Waals surface area (Å²) >= 11 is 0. The second-order valence-corrected chi connectivity index (χ2v) is 4.22. The Labute approximate surface area is 95.3 Å². The number of allylic oxidation sites excluding steroid dienone is 1. The maximum Gasteiger partial charge on any atom is 0.314 e. The Balaban J connectivity index is 2.96. The van der Waals surface area contributed by atoms with Crippen molar-refractivity contribution in [3.05, 3.63) is 11.6 Å². The number of hydrogen-bond acceptors (Lipinski definition) is 3. The number of hydrogen-bond donors (Lipinski definition) is 1. The van der Waals surface area contributed by atoms with E-state index in [9.17, 15) is 14.7 Å². The van der Waals surface area contributed by atoms with Crippen molar-refractivity contribution in [2.75, 3.05) is 7.11 Å². The molecule has 0 saturated carbocycles. The molecule has 90 valence electrons. The van der Waals surface area contributed by atoms with Crippen LogP contribution in [-0.4, -0.2) is 24.2 Å². The number of carbonyl (C=O) groups excluding carboxylic acids is 1. The van der Waals surface area contributed by atoms with Gasteiger partial charge in [0.15, 0.2) is 0 Å².